The number of allylic oxidation sites excluding steroid dienone is 1. The van der Waals surface area contributed by atoms with Gasteiger partial charge in [0, 0.05) is 6.42 Å². The highest BCUT2D eigenvalue weighted by molar-refractivity contribution is 5.95. The number of Topliss-reactive ketones (excluding diaryl/α,β-unsaturated/α-hetero) is 1. The first-order chi connectivity index (χ1) is 20.2. The first-order valence-electron chi connectivity index (χ1n) is 14.4. The van der Waals surface area contributed by atoms with Crippen LogP contribution in [0.4, 0.5) is 0 Å². The van der Waals surface area contributed by atoms with Crippen molar-refractivity contribution in [2.45, 2.75) is 87.5 Å². The van der Waals surface area contributed by atoms with E-state index in [1.54, 1.807) is 41.5 Å². The topological polar surface area (TPSA) is 175 Å². The molecule has 0 aliphatic heterocycles. The summed E-state index contributed by atoms with van der Waals surface area (Å²) in [4.78, 5) is 77.9. The summed E-state index contributed by atoms with van der Waals surface area (Å²) in [5, 5.41) is 0. The average molecular weight is 619 g/mol. The number of ketones is 1. The van der Waals surface area contributed by atoms with Crippen LogP contribution in [0, 0.1) is 11.8 Å². The molecule has 0 amide bonds. The summed E-state index contributed by atoms with van der Waals surface area (Å²) in [6.07, 6.45) is 1.03. The number of ether oxygens (including phenoxy) is 6. The van der Waals surface area contributed by atoms with Gasteiger partial charge >= 0.3 is 35.8 Å². The molecule has 0 bridgehead atoms. The maximum absolute atomic E-state index is 11.5. The minimum absolute atomic E-state index is 0.0707. The van der Waals surface area contributed by atoms with E-state index < -0.39 is 47.7 Å². The Labute approximate surface area is 254 Å². The number of esters is 6. The fourth-order valence-corrected chi connectivity index (χ4v) is 2.92. The van der Waals surface area contributed by atoms with Gasteiger partial charge in [-0.3, -0.25) is 28.8 Å². The Morgan fingerprint density at radius 2 is 0.767 bits per heavy atom. The van der Waals surface area contributed by atoms with E-state index >= 15 is 0 Å². The monoisotopic (exact) mass is 618 g/mol. The molecule has 0 aromatic rings. The van der Waals surface area contributed by atoms with Crippen LogP contribution in [0.15, 0.2) is 12.2 Å². The van der Waals surface area contributed by atoms with Gasteiger partial charge in [0.15, 0.2) is 11.8 Å². The van der Waals surface area contributed by atoms with Gasteiger partial charge in [-0.2, -0.15) is 0 Å². The molecular formula is C30H50O13. The summed E-state index contributed by atoms with van der Waals surface area (Å²) in [6, 6.07) is 0. The molecular weight excluding hydrogens is 568 g/mol. The standard InChI is InChI=1S/C12H20O4.C11H18O5.C7H12O4/c1-5-15-11(13)10(8-7-9(3)4)12(14)16-6-2;1-4-15-10(13)9(7-6-8(3)12)11(14)16-5-2;1-3-10-6(8)5-7(9)11-4-2/h10H,3,5-8H2,1-2,4H3;9H,4-7H2,1-3H3;3-5H2,1-2H3. The normalized spacial score (nSPS) is 9.72. The zero-order valence-electron chi connectivity index (χ0n) is 26.9. The predicted octanol–water partition coefficient (Wildman–Crippen LogP) is 3.69. The second kappa shape index (κ2) is 28.4. The lowest BCUT2D eigenvalue weighted by atomic mass is 10.0. The smallest absolute Gasteiger partial charge is 0.320 e. The van der Waals surface area contributed by atoms with Crippen LogP contribution in [0.1, 0.15) is 87.5 Å². The molecule has 0 fully saturated rings. The van der Waals surface area contributed by atoms with E-state index in [0.717, 1.165) is 5.57 Å². The molecule has 0 radical (unpaired) electrons. The molecule has 0 unspecified atom stereocenters. The quantitative estimate of drug-likeness (QED) is 0.0942. The maximum atomic E-state index is 11.5. The molecule has 248 valence electrons. The van der Waals surface area contributed by atoms with E-state index in [9.17, 15) is 33.6 Å². The van der Waals surface area contributed by atoms with Crippen molar-refractivity contribution in [1.29, 1.82) is 0 Å². The molecule has 0 spiro atoms. The highest BCUT2D eigenvalue weighted by Gasteiger charge is 2.30. The van der Waals surface area contributed by atoms with Gasteiger partial charge in [0.1, 0.15) is 12.2 Å². The average Bonchev–Trinajstić information content (AvgIpc) is 2.90. The van der Waals surface area contributed by atoms with Crippen LogP contribution < -0.4 is 0 Å². The number of hydrogen-bond donors (Lipinski definition) is 0. The molecule has 0 aliphatic rings. The third-order valence-corrected chi connectivity index (χ3v) is 4.83. The van der Waals surface area contributed by atoms with Gasteiger partial charge in [-0.25, -0.2) is 0 Å². The SMILES string of the molecule is C=C(C)CCC(C(=O)OCC)C(=O)OCC.CCOC(=O)C(CCC(C)=O)C(=O)OCC.CCOC(=O)CC(=O)OCC. The highest BCUT2D eigenvalue weighted by atomic mass is 16.6. The third-order valence-electron chi connectivity index (χ3n) is 4.83. The number of carbonyl (C=O) groups is 7. The first-order valence-corrected chi connectivity index (χ1v) is 14.4. The van der Waals surface area contributed by atoms with Crippen molar-refractivity contribution in [3.63, 3.8) is 0 Å². The highest BCUT2D eigenvalue weighted by Crippen LogP contribution is 2.15. The van der Waals surface area contributed by atoms with Crippen LogP contribution in [-0.4, -0.2) is 81.2 Å². The van der Waals surface area contributed by atoms with Crippen LogP contribution >= 0.6 is 0 Å². The van der Waals surface area contributed by atoms with Crippen molar-refractivity contribution >= 4 is 41.6 Å². The van der Waals surface area contributed by atoms with Crippen molar-refractivity contribution in [3.8, 4) is 0 Å². The van der Waals surface area contributed by atoms with Gasteiger partial charge in [0.2, 0.25) is 0 Å². The number of carbonyl (C=O) groups excluding carboxylic acids is 7. The van der Waals surface area contributed by atoms with Crippen molar-refractivity contribution in [2.24, 2.45) is 11.8 Å². The molecule has 0 saturated heterocycles. The summed E-state index contributed by atoms with van der Waals surface area (Å²) in [7, 11) is 0. The third kappa shape index (κ3) is 25.7. The lowest BCUT2D eigenvalue weighted by Gasteiger charge is -2.13. The van der Waals surface area contributed by atoms with Gasteiger partial charge in [-0.1, -0.05) is 5.57 Å². The summed E-state index contributed by atoms with van der Waals surface area (Å²) in [6.45, 7) is 18.6. The van der Waals surface area contributed by atoms with E-state index in [1.165, 1.54) is 6.92 Å². The van der Waals surface area contributed by atoms with Gasteiger partial charge in [-0.15, -0.1) is 6.58 Å². The lowest BCUT2D eigenvalue weighted by Crippen LogP contribution is -2.28. The van der Waals surface area contributed by atoms with Crippen molar-refractivity contribution < 1.29 is 62.0 Å². The first kappa shape index (κ1) is 43.7. The zero-order chi connectivity index (χ0) is 33.8. The van der Waals surface area contributed by atoms with Gasteiger partial charge < -0.3 is 33.2 Å². The molecule has 0 saturated carbocycles. The fourth-order valence-electron chi connectivity index (χ4n) is 2.92. The summed E-state index contributed by atoms with van der Waals surface area (Å²) < 4.78 is 28.2. The van der Waals surface area contributed by atoms with Crippen LogP contribution in [-0.2, 0) is 62.0 Å². The van der Waals surface area contributed by atoms with Crippen LogP contribution in [0.5, 0.6) is 0 Å². The molecule has 0 aromatic heterocycles. The molecule has 0 atom stereocenters. The molecule has 13 heteroatoms. The molecule has 0 N–H and O–H groups in total. The van der Waals surface area contributed by atoms with Crippen LogP contribution in [0.25, 0.3) is 0 Å². The Bertz CT molecular complexity index is 773. The second-order valence-electron chi connectivity index (χ2n) is 8.64. The molecule has 43 heavy (non-hydrogen) atoms. The summed E-state index contributed by atoms with van der Waals surface area (Å²) >= 11 is 0. The Morgan fingerprint density at radius 1 is 0.488 bits per heavy atom. The Hall–Kier alpha value is -3.77. The summed E-state index contributed by atoms with van der Waals surface area (Å²) in [5.41, 5.74) is 0.929. The summed E-state index contributed by atoms with van der Waals surface area (Å²) in [5.74, 6) is -5.22. The molecule has 0 rings (SSSR count). The minimum Gasteiger partial charge on any atom is -0.466 e. The van der Waals surface area contributed by atoms with E-state index in [2.05, 4.69) is 16.1 Å². The van der Waals surface area contributed by atoms with E-state index in [0.29, 0.717) is 12.8 Å². The van der Waals surface area contributed by atoms with Crippen LogP contribution in [0.2, 0.25) is 0 Å². The van der Waals surface area contributed by atoms with Crippen LogP contribution in [0.3, 0.4) is 0 Å². The van der Waals surface area contributed by atoms with Gasteiger partial charge in [-0.05, 0) is 74.7 Å². The van der Waals surface area contributed by atoms with Gasteiger partial charge in [0.25, 0.3) is 0 Å². The zero-order valence-corrected chi connectivity index (χ0v) is 26.9. The predicted molar refractivity (Wildman–Crippen MR) is 155 cm³/mol. The number of rotatable bonds is 18. The molecule has 0 aliphatic carbocycles. The molecule has 0 heterocycles. The number of hydrogen-bond acceptors (Lipinski definition) is 13. The van der Waals surface area contributed by atoms with E-state index in [4.69, 9.17) is 18.9 Å². The lowest BCUT2D eigenvalue weighted by molar-refractivity contribution is -0.163. The van der Waals surface area contributed by atoms with Crippen molar-refractivity contribution in [1.82, 2.24) is 0 Å². The Morgan fingerprint density at radius 3 is 1.00 bits per heavy atom. The Balaban J connectivity index is -0.000000569. The molecule has 13 nitrogen and oxygen atoms in total. The van der Waals surface area contributed by atoms with E-state index in [1.807, 2.05) is 6.92 Å². The van der Waals surface area contributed by atoms with Gasteiger partial charge in [0.05, 0.1) is 39.6 Å². The largest absolute Gasteiger partial charge is 0.466 e. The second-order valence-corrected chi connectivity index (χ2v) is 8.64. The van der Waals surface area contributed by atoms with Crippen molar-refractivity contribution in [3.05, 3.63) is 12.2 Å². The van der Waals surface area contributed by atoms with Crippen molar-refractivity contribution in [2.75, 3.05) is 39.6 Å². The van der Waals surface area contributed by atoms with E-state index in [-0.39, 0.29) is 64.7 Å². The Kier molecular flexibility index (Phi) is 28.8. The molecule has 0 aromatic carbocycles. The fraction of sp³-hybridized carbons (Fsp3) is 0.700. The maximum Gasteiger partial charge on any atom is 0.320 e. The minimum atomic E-state index is -0.983.